The number of aryl methyl sites for hydroxylation is 1. The molecule has 1 N–H and O–H groups in total. The van der Waals surface area contributed by atoms with E-state index in [1.807, 2.05) is 6.92 Å². The molecule has 0 aliphatic carbocycles. The summed E-state index contributed by atoms with van der Waals surface area (Å²) in [7, 11) is 0. The maximum absolute atomic E-state index is 12.2. The van der Waals surface area contributed by atoms with Gasteiger partial charge in [-0.3, -0.25) is 4.79 Å². The zero-order valence-electron chi connectivity index (χ0n) is 15.2. The fraction of sp³-hybridized carbons (Fsp3) is 0.333. The van der Waals surface area contributed by atoms with Crippen LogP contribution in [0.1, 0.15) is 45.1 Å². The number of hydrogen-bond acceptors (Lipinski definition) is 7. The van der Waals surface area contributed by atoms with Gasteiger partial charge in [0.25, 0.3) is 5.91 Å². The summed E-state index contributed by atoms with van der Waals surface area (Å²) in [5.41, 5.74) is 0.835. The number of nitrogens with one attached hydrogen (secondary N) is 1. The highest BCUT2D eigenvalue weighted by atomic mass is 32.1. The number of carbonyl (C=O) groups is 3. The van der Waals surface area contributed by atoms with E-state index in [2.05, 4.69) is 5.32 Å². The van der Waals surface area contributed by atoms with Gasteiger partial charge in [-0.15, -0.1) is 11.3 Å². The quantitative estimate of drug-likeness (QED) is 0.440. The van der Waals surface area contributed by atoms with Crippen LogP contribution in [-0.4, -0.2) is 31.1 Å². The summed E-state index contributed by atoms with van der Waals surface area (Å²) in [4.78, 5) is 37.2. The first kappa shape index (κ1) is 20.4. The first-order chi connectivity index (χ1) is 12.9. The van der Waals surface area contributed by atoms with Crippen molar-refractivity contribution in [1.29, 1.82) is 0 Å². The first-order valence-corrected chi connectivity index (χ1v) is 9.15. The fourth-order valence-corrected chi connectivity index (χ4v) is 3.54. The zero-order valence-corrected chi connectivity index (χ0v) is 16.1. The van der Waals surface area contributed by atoms with Gasteiger partial charge in [0.05, 0.1) is 12.2 Å². The van der Waals surface area contributed by atoms with Gasteiger partial charge in [-0.05, 0) is 31.9 Å². The number of rotatable bonds is 7. The molecule has 8 nitrogen and oxygen atoms in total. The third-order valence-electron chi connectivity index (χ3n) is 3.67. The molecule has 2 rings (SSSR count). The van der Waals surface area contributed by atoms with Crippen LogP contribution in [0.2, 0.25) is 0 Å². The summed E-state index contributed by atoms with van der Waals surface area (Å²) in [6, 6.07) is 4.28. The molecule has 0 radical (unpaired) electrons. The Labute approximate surface area is 160 Å². The fourth-order valence-electron chi connectivity index (χ4n) is 2.39. The van der Waals surface area contributed by atoms with Crippen LogP contribution in [0, 0.1) is 12.1 Å². The number of nitrogens with zero attached hydrogens (tertiary/aromatic N) is 1. The van der Waals surface area contributed by atoms with Crippen molar-refractivity contribution >= 4 is 34.2 Å². The average Bonchev–Trinajstić information content (AvgIpc) is 2.95. The summed E-state index contributed by atoms with van der Waals surface area (Å²) in [6.45, 7) is 5.06. The van der Waals surface area contributed by atoms with Crippen molar-refractivity contribution in [2.24, 2.45) is 0 Å². The Morgan fingerprint density at radius 3 is 2.56 bits per heavy atom. The predicted molar refractivity (Wildman–Crippen MR) is 98.7 cm³/mol. The standard InChI is InChI=1S/C18H20N2O6S/c1-4-13-11(3)15(18(23)25-5-2)16(27-13)19-14(21)10-26-17(22)12-8-6-7-9-20(12)24/h6-9H,4-5,10H2,1-3H3,(H,19,21). The number of thiophene rings is 1. The van der Waals surface area contributed by atoms with E-state index in [1.54, 1.807) is 13.8 Å². The monoisotopic (exact) mass is 392 g/mol. The lowest BCUT2D eigenvalue weighted by Crippen LogP contribution is -2.35. The number of amides is 1. The van der Waals surface area contributed by atoms with Crippen molar-refractivity contribution in [2.75, 3.05) is 18.5 Å². The molecule has 0 bridgehead atoms. The maximum atomic E-state index is 12.2. The van der Waals surface area contributed by atoms with Crippen molar-refractivity contribution in [3.63, 3.8) is 0 Å². The lowest BCUT2D eigenvalue weighted by atomic mass is 10.1. The average molecular weight is 392 g/mol. The summed E-state index contributed by atoms with van der Waals surface area (Å²) >= 11 is 1.27. The first-order valence-electron chi connectivity index (χ1n) is 8.33. The minimum atomic E-state index is -0.914. The molecule has 2 heterocycles. The van der Waals surface area contributed by atoms with Gasteiger partial charge in [0.1, 0.15) is 5.00 Å². The van der Waals surface area contributed by atoms with Crippen LogP contribution < -0.4 is 10.0 Å². The Morgan fingerprint density at radius 2 is 1.93 bits per heavy atom. The number of ether oxygens (including phenoxy) is 2. The zero-order chi connectivity index (χ0) is 20.0. The van der Waals surface area contributed by atoms with Crippen molar-refractivity contribution in [3.8, 4) is 0 Å². The van der Waals surface area contributed by atoms with Crippen LogP contribution in [0.5, 0.6) is 0 Å². The molecule has 0 saturated carbocycles. The van der Waals surface area contributed by atoms with E-state index in [0.29, 0.717) is 21.7 Å². The molecule has 0 aliphatic heterocycles. The largest absolute Gasteiger partial charge is 0.618 e. The summed E-state index contributed by atoms with van der Waals surface area (Å²) in [5.74, 6) is -2.05. The van der Waals surface area contributed by atoms with Crippen LogP contribution in [0.25, 0.3) is 0 Å². The Balaban J connectivity index is 2.08. The van der Waals surface area contributed by atoms with Gasteiger partial charge in [-0.1, -0.05) is 6.92 Å². The van der Waals surface area contributed by atoms with Gasteiger partial charge < -0.3 is 20.0 Å². The summed E-state index contributed by atoms with van der Waals surface area (Å²) in [5, 5.41) is 14.4. The lowest BCUT2D eigenvalue weighted by Gasteiger charge is -2.08. The van der Waals surface area contributed by atoms with E-state index in [4.69, 9.17) is 9.47 Å². The van der Waals surface area contributed by atoms with Gasteiger partial charge in [0.15, 0.2) is 12.8 Å². The highest BCUT2D eigenvalue weighted by Crippen LogP contribution is 2.34. The number of esters is 2. The number of carbonyl (C=O) groups excluding carboxylic acids is 3. The highest BCUT2D eigenvalue weighted by Gasteiger charge is 2.24. The maximum Gasteiger partial charge on any atom is 0.405 e. The highest BCUT2D eigenvalue weighted by molar-refractivity contribution is 7.17. The lowest BCUT2D eigenvalue weighted by molar-refractivity contribution is -0.608. The van der Waals surface area contributed by atoms with E-state index in [1.165, 1.54) is 29.5 Å². The number of pyridine rings is 1. The minimum absolute atomic E-state index is 0.215. The van der Waals surface area contributed by atoms with Gasteiger partial charge in [0.2, 0.25) is 0 Å². The van der Waals surface area contributed by atoms with Crippen LogP contribution in [-0.2, 0) is 20.7 Å². The third kappa shape index (κ3) is 4.82. The second-order valence-corrected chi connectivity index (χ2v) is 6.57. The summed E-state index contributed by atoms with van der Waals surface area (Å²) < 4.78 is 10.3. The molecule has 0 aliphatic rings. The van der Waals surface area contributed by atoms with Crippen LogP contribution in [0.15, 0.2) is 24.4 Å². The van der Waals surface area contributed by atoms with Crippen molar-refractivity contribution in [2.45, 2.75) is 27.2 Å². The van der Waals surface area contributed by atoms with Crippen molar-refractivity contribution in [1.82, 2.24) is 0 Å². The van der Waals surface area contributed by atoms with E-state index < -0.39 is 24.5 Å². The topological polar surface area (TPSA) is 109 Å². The Kier molecular flexibility index (Phi) is 6.89. The SMILES string of the molecule is CCOC(=O)c1c(NC(=O)COC(=O)c2cccc[n+]2[O-])sc(CC)c1C. The molecule has 2 aromatic rings. The number of hydrogen-bond donors (Lipinski definition) is 1. The van der Waals surface area contributed by atoms with E-state index in [9.17, 15) is 19.6 Å². The smallest absolute Gasteiger partial charge is 0.405 e. The Bertz CT molecular complexity index is 862. The molecule has 0 saturated heterocycles. The van der Waals surface area contributed by atoms with Crippen molar-refractivity contribution < 1.29 is 28.6 Å². The molecular formula is C18H20N2O6S. The molecule has 0 aromatic carbocycles. The second-order valence-electron chi connectivity index (χ2n) is 5.46. The molecule has 0 spiro atoms. The van der Waals surface area contributed by atoms with Crippen molar-refractivity contribution in [3.05, 3.63) is 51.3 Å². The number of aromatic nitrogens is 1. The normalized spacial score (nSPS) is 10.3. The van der Waals surface area contributed by atoms with Gasteiger partial charge in [-0.25, -0.2) is 9.59 Å². The molecule has 27 heavy (non-hydrogen) atoms. The van der Waals surface area contributed by atoms with Gasteiger partial charge in [0, 0.05) is 17.0 Å². The molecule has 2 aromatic heterocycles. The predicted octanol–water partition coefficient (Wildman–Crippen LogP) is 2.22. The van der Waals surface area contributed by atoms with Crippen LogP contribution >= 0.6 is 11.3 Å². The molecule has 9 heteroatoms. The van der Waals surface area contributed by atoms with Gasteiger partial charge >= 0.3 is 17.6 Å². The minimum Gasteiger partial charge on any atom is -0.618 e. The van der Waals surface area contributed by atoms with Crippen LogP contribution in [0.3, 0.4) is 0 Å². The molecule has 0 unspecified atom stereocenters. The molecular weight excluding hydrogens is 372 g/mol. The van der Waals surface area contributed by atoms with E-state index in [-0.39, 0.29) is 12.3 Å². The Morgan fingerprint density at radius 1 is 1.19 bits per heavy atom. The van der Waals surface area contributed by atoms with E-state index in [0.717, 1.165) is 16.6 Å². The Hall–Kier alpha value is -2.94. The molecule has 0 fully saturated rings. The molecule has 0 atom stereocenters. The second kappa shape index (κ2) is 9.13. The van der Waals surface area contributed by atoms with Crippen LogP contribution in [0.4, 0.5) is 5.00 Å². The third-order valence-corrected chi connectivity index (χ3v) is 5.02. The van der Waals surface area contributed by atoms with Gasteiger partial charge in [-0.2, -0.15) is 4.73 Å². The van der Waals surface area contributed by atoms with E-state index >= 15 is 0 Å². The number of anilines is 1. The summed E-state index contributed by atoms with van der Waals surface area (Å²) in [6.07, 6.45) is 1.86. The molecule has 1 amide bonds. The molecule has 144 valence electrons.